The molecule has 2 aromatic rings. The molecule has 0 aliphatic carbocycles. The second-order valence-electron chi connectivity index (χ2n) is 5.56. The zero-order valence-electron chi connectivity index (χ0n) is 14.2. The molecule has 0 saturated heterocycles. The molecule has 0 aliphatic heterocycles. The first-order chi connectivity index (χ1) is 11.5. The van der Waals surface area contributed by atoms with E-state index in [9.17, 15) is 9.59 Å². The monoisotopic (exact) mass is 326 g/mol. The van der Waals surface area contributed by atoms with E-state index in [1.165, 1.54) is 0 Å². The number of aryl methyl sites for hydroxylation is 1. The van der Waals surface area contributed by atoms with Gasteiger partial charge in [-0.2, -0.15) is 0 Å². The maximum absolute atomic E-state index is 12.0. The smallest absolute Gasteiger partial charge is 0.313 e. The lowest BCUT2D eigenvalue weighted by molar-refractivity contribution is -0.136. The van der Waals surface area contributed by atoms with Gasteiger partial charge in [0.1, 0.15) is 5.75 Å². The molecule has 5 nitrogen and oxygen atoms in total. The Morgan fingerprint density at radius 3 is 2.54 bits per heavy atom. The normalized spacial score (nSPS) is 10.1. The van der Waals surface area contributed by atoms with Crippen molar-refractivity contribution < 1.29 is 14.3 Å². The predicted molar refractivity (Wildman–Crippen MR) is 94.3 cm³/mol. The Morgan fingerprint density at radius 2 is 1.79 bits per heavy atom. The second kappa shape index (κ2) is 8.15. The molecule has 5 heteroatoms. The first-order valence-electron chi connectivity index (χ1n) is 7.79. The van der Waals surface area contributed by atoms with Gasteiger partial charge in [-0.25, -0.2) is 0 Å². The van der Waals surface area contributed by atoms with Crippen LogP contribution in [-0.4, -0.2) is 25.5 Å². The van der Waals surface area contributed by atoms with Gasteiger partial charge in [-0.15, -0.1) is 0 Å². The highest BCUT2D eigenvalue weighted by atomic mass is 16.5. The van der Waals surface area contributed by atoms with E-state index < -0.39 is 11.8 Å². The maximum Gasteiger partial charge on any atom is 0.313 e. The number of ether oxygens (including phenoxy) is 1. The number of carbonyl (C=O) groups is 2. The molecule has 2 N–H and O–H groups in total. The summed E-state index contributed by atoms with van der Waals surface area (Å²) in [4.78, 5) is 23.9. The van der Waals surface area contributed by atoms with Crippen LogP contribution in [-0.2, 0) is 16.0 Å². The molecule has 0 radical (unpaired) electrons. The number of benzene rings is 2. The van der Waals surface area contributed by atoms with Crippen molar-refractivity contribution in [2.75, 3.05) is 19.0 Å². The number of amides is 2. The zero-order chi connectivity index (χ0) is 17.5. The lowest BCUT2D eigenvalue weighted by atomic mass is 10.1. The lowest BCUT2D eigenvalue weighted by Gasteiger charge is -2.10. The third-order valence-corrected chi connectivity index (χ3v) is 3.89. The van der Waals surface area contributed by atoms with Crippen molar-refractivity contribution in [3.05, 3.63) is 59.2 Å². The minimum Gasteiger partial charge on any atom is -0.497 e. The molecule has 24 heavy (non-hydrogen) atoms. The Hall–Kier alpha value is -2.82. The van der Waals surface area contributed by atoms with Gasteiger partial charge in [0.25, 0.3) is 0 Å². The molecule has 126 valence electrons. The molecule has 0 bridgehead atoms. The highest BCUT2D eigenvalue weighted by Crippen LogP contribution is 2.17. The van der Waals surface area contributed by atoms with E-state index in [-0.39, 0.29) is 0 Å². The van der Waals surface area contributed by atoms with Crippen molar-refractivity contribution in [1.29, 1.82) is 0 Å². The summed E-state index contributed by atoms with van der Waals surface area (Å²) in [7, 11) is 1.61. The van der Waals surface area contributed by atoms with E-state index in [0.29, 0.717) is 18.7 Å². The van der Waals surface area contributed by atoms with Crippen molar-refractivity contribution in [2.45, 2.75) is 20.3 Å². The van der Waals surface area contributed by atoms with Gasteiger partial charge in [-0.05, 0) is 55.2 Å². The number of anilines is 1. The second-order valence-corrected chi connectivity index (χ2v) is 5.56. The number of hydrogen-bond acceptors (Lipinski definition) is 3. The van der Waals surface area contributed by atoms with Crippen LogP contribution in [0, 0.1) is 13.8 Å². The minimum absolute atomic E-state index is 0.381. The fourth-order valence-corrected chi connectivity index (χ4v) is 2.29. The lowest BCUT2D eigenvalue weighted by Crippen LogP contribution is -2.36. The summed E-state index contributed by atoms with van der Waals surface area (Å²) in [6, 6.07) is 13.2. The Labute approximate surface area is 142 Å². The van der Waals surface area contributed by atoms with Crippen molar-refractivity contribution >= 4 is 17.5 Å². The van der Waals surface area contributed by atoms with Gasteiger partial charge >= 0.3 is 11.8 Å². The van der Waals surface area contributed by atoms with Crippen LogP contribution in [0.25, 0.3) is 0 Å². The van der Waals surface area contributed by atoms with Crippen molar-refractivity contribution in [2.24, 2.45) is 0 Å². The van der Waals surface area contributed by atoms with Crippen LogP contribution in [0.3, 0.4) is 0 Å². The van der Waals surface area contributed by atoms with Gasteiger partial charge < -0.3 is 15.4 Å². The summed E-state index contributed by atoms with van der Waals surface area (Å²) in [5.74, 6) is -0.528. The zero-order valence-corrected chi connectivity index (χ0v) is 14.2. The Balaban J connectivity index is 1.85. The summed E-state index contributed by atoms with van der Waals surface area (Å²) in [5, 5.41) is 5.28. The van der Waals surface area contributed by atoms with E-state index in [4.69, 9.17) is 4.74 Å². The first-order valence-corrected chi connectivity index (χ1v) is 7.79. The number of hydrogen-bond donors (Lipinski definition) is 2. The van der Waals surface area contributed by atoms with Crippen LogP contribution in [0.5, 0.6) is 5.75 Å². The van der Waals surface area contributed by atoms with Gasteiger partial charge in [0, 0.05) is 12.2 Å². The summed E-state index contributed by atoms with van der Waals surface area (Å²) < 4.78 is 5.16. The molecule has 0 fully saturated rings. The first kappa shape index (κ1) is 17.5. The predicted octanol–water partition coefficient (Wildman–Crippen LogP) is 2.61. The van der Waals surface area contributed by atoms with E-state index in [1.807, 2.05) is 50.2 Å². The highest BCUT2D eigenvalue weighted by molar-refractivity contribution is 6.39. The third kappa shape index (κ3) is 4.59. The molecule has 0 aliphatic rings. The largest absolute Gasteiger partial charge is 0.497 e. The SMILES string of the molecule is COc1cccc(CCNC(=O)C(=O)Nc2cccc(C)c2C)c1. The third-order valence-electron chi connectivity index (χ3n) is 3.89. The molecule has 0 saturated carbocycles. The number of methoxy groups -OCH3 is 1. The van der Waals surface area contributed by atoms with Crippen LogP contribution in [0.1, 0.15) is 16.7 Å². The van der Waals surface area contributed by atoms with Crippen LogP contribution in [0.15, 0.2) is 42.5 Å². The van der Waals surface area contributed by atoms with E-state index in [1.54, 1.807) is 13.2 Å². The Kier molecular flexibility index (Phi) is 5.95. The van der Waals surface area contributed by atoms with Gasteiger partial charge in [0.2, 0.25) is 0 Å². The van der Waals surface area contributed by atoms with Crippen LogP contribution in [0.4, 0.5) is 5.69 Å². The summed E-state index contributed by atoms with van der Waals surface area (Å²) >= 11 is 0. The molecule has 0 spiro atoms. The molecule has 0 heterocycles. The topological polar surface area (TPSA) is 67.4 Å². The van der Waals surface area contributed by atoms with Crippen molar-refractivity contribution in [3.63, 3.8) is 0 Å². The fourth-order valence-electron chi connectivity index (χ4n) is 2.29. The van der Waals surface area contributed by atoms with Gasteiger partial charge in [-0.3, -0.25) is 9.59 Å². The Morgan fingerprint density at radius 1 is 1.04 bits per heavy atom. The standard InChI is InChI=1S/C19H22N2O3/c1-13-6-4-9-17(14(13)2)21-19(23)18(22)20-11-10-15-7-5-8-16(12-15)24-3/h4-9,12H,10-11H2,1-3H3,(H,20,22)(H,21,23). The molecule has 2 rings (SSSR count). The van der Waals surface area contributed by atoms with E-state index in [0.717, 1.165) is 22.4 Å². The summed E-state index contributed by atoms with van der Waals surface area (Å²) in [5.41, 5.74) is 3.70. The molecule has 2 aromatic carbocycles. The van der Waals surface area contributed by atoms with E-state index in [2.05, 4.69) is 10.6 Å². The van der Waals surface area contributed by atoms with Gasteiger partial charge in [-0.1, -0.05) is 24.3 Å². The molecular weight excluding hydrogens is 304 g/mol. The number of carbonyl (C=O) groups excluding carboxylic acids is 2. The number of rotatable bonds is 5. The van der Waals surface area contributed by atoms with Crippen LogP contribution < -0.4 is 15.4 Å². The van der Waals surface area contributed by atoms with Gasteiger partial charge in [0.05, 0.1) is 7.11 Å². The molecule has 2 amide bonds. The van der Waals surface area contributed by atoms with Crippen molar-refractivity contribution in [1.82, 2.24) is 5.32 Å². The average Bonchev–Trinajstić information content (AvgIpc) is 2.59. The summed E-state index contributed by atoms with van der Waals surface area (Å²) in [6.07, 6.45) is 0.625. The average molecular weight is 326 g/mol. The Bertz CT molecular complexity index is 741. The molecule has 0 atom stereocenters. The highest BCUT2D eigenvalue weighted by Gasteiger charge is 2.14. The number of nitrogens with one attached hydrogen (secondary N) is 2. The van der Waals surface area contributed by atoms with E-state index >= 15 is 0 Å². The molecular formula is C19H22N2O3. The van der Waals surface area contributed by atoms with Crippen LogP contribution in [0.2, 0.25) is 0 Å². The van der Waals surface area contributed by atoms with Crippen LogP contribution >= 0.6 is 0 Å². The maximum atomic E-state index is 12.0. The fraction of sp³-hybridized carbons (Fsp3) is 0.263. The molecule has 0 aromatic heterocycles. The van der Waals surface area contributed by atoms with Crippen molar-refractivity contribution in [3.8, 4) is 5.75 Å². The summed E-state index contributed by atoms with van der Waals surface area (Å²) in [6.45, 7) is 4.25. The minimum atomic E-state index is -0.658. The van der Waals surface area contributed by atoms with Gasteiger partial charge in [0.15, 0.2) is 0 Å². The molecule has 0 unspecified atom stereocenters. The quantitative estimate of drug-likeness (QED) is 0.830.